The number of hydrogen-bond acceptors (Lipinski definition) is 3. The maximum absolute atomic E-state index is 14.0. The number of benzene rings is 4. The van der Waals surface area contributed by atoms with E-state index in [1.54, 1.807) is 6.07 Å². The van der Waals surface area contributed by atoms with Crippen LogP contribution in [0.3, 0.4) is 0 Å². The number of halogens is 2. The van der Waals surface area contributed by atoms with Crippen molar-refractivity contribution in [3.63, 3.8) is 0 Å². The van der Waals surface area contributed by atoms with Gasteiger partial charge >= 0.3 is 5.97 Å². The van der Waals surface area contributed by atoms with Crippen LogP contribution in [0.1, 0.15) is 65.2 Å². The quantitative estimate of drug-likeness (QED) is 0.236. The van der Waals surface area contributed by atoms with Crippen molar-refractivity contribution in [2.45, 2.75) is 44.2 Å². The van der Waals surface area contributed by atoms with E-state index in [-0.39, 0.29) is 36.0 Å². The predicted octanol–water partition coefficient (Wildman–Crippen LogP) is 7.51. The van der Waals surface area contributed by atoms with Gasteiger partial charge in [-0.05, 0) is 72.8 Å². The summed E-state index contributed by atoms with van der Waals surface area (Å²) in [5.41, 5.74) is 2.82. The first-order valence-corrected chi connectivity index (χ1v) is 12.5. The van der Waals surface area contributed by atoms with Gasteiger partial charge in [0.15, 0.2) is 0 Å². The van der Waals surface area contributed by atoms with Crippen molar-refractivity contribution in [1.29, 1.82) is 0 Å². The number of hydrogen-bond donors (Lipinski definition) is 2. The number of nitrogens with one attached hydrogen (secondary N) is 1. The summed E-state index contributed by atoms with van der Waals surface area (Å²) >= 11 is 0. The van der Waals surface area contributed by atoms with Gasteiger partial charge in [0.25, 0.3) is 0 Å². The molecule has 0 amide bonds. The molecular formula is C31H31ClFNO3. The molecule has 4 aromatic rings. The summed E-state index contributed by atoms with van der Waals surface area (Å²) in [4.78, 5) is 11.5. The van der Waals surface area contributed by atoms with Gasteiger partial charge in [-0.3, -0.25) is 0 Å². The van der Waals surface area contributed by atoms with Gasteiger partial charge in [-0.15, -0.1) is 12.4 Å². The Morgan fingerprint density at radius 2 is 1.81 bits per heavy atom. The Hall–Kier alpha value is -3.41. The molecule has 1 heterocycles. The van der Waals surface area contributed by atoms with Crippen molar-refractivity contribution in [2.75, 3.05) is 6.54 Å². The number of aromatic carboxylic acids is 1. The van der Waals surface area contributed by atoms with Gasteiger partial charge < -0.3 is 15.2 Å². The summed E-state index contributed by atoms with van der Waals surface area (Å²) in [5.74, 6) is -1.19. The molecule has 0 aromatic heterocycles. The Kier molecular flexibility index (Phi) is 8.47. The molecule has 4 nitrogen and oxygen atoms in total. The number of para-hydroxylation sites is 1. The van der Waals surface area contributed by atoms with Crippen LogP contribution in [-0.2, 0) is 0 Å². The number of ether oxygens (including phenoxy) is 1. The molecule has 0 aliphatic carbocycles. The molecule has 1 aliphatic rings. The minimum Gasteiger partial charge on any atom is -0.490 e. The second kappa shape index (κ2) is 11.8. The van der Waals surface area contributed by atoms with E-state index >= 15 is 0 Å². The lowest BCUT2D eigenvalue weighted by molar-refractivity contribution is 0.0691. The standard InChI is InChI=1S/C31H30FNO3.ClH/c1-20(24-13-6-9-21-8-2-3-11-25(21)24)33-17-7-10-23-19-27(26-12-4-5-14-30(26)36-23)22-15-16-29(32)28(18-22)31(34)35;/h2-6,8-9,11-16,18,20,23,27,33H,7,10,17,19H2,1H3,(H,34,35);1H/t20-,23-,27-;/m1./s1. The Morgan fingerprint density at radius 3 is 2.65 bits per heavy atom. The van der Waals surface area contributed by atoms with Crippen molar-refractivity contribution < 1.29 is 19.0 Å². The molecule has 5 rings (SSSR count). The summed E-state index contributed by atoms with van der Waals surface area (Å²) < 4.78 is 20.3. The molecule has 3 atom stereocenters. The Labute approximate surface area is 222 Å². The second-order valence-electron chi connectivity index (χ2n) is 9.50. The number of carbonyl (C=O) groups is 1. The third kappa shape index (κ3) is 5.79. The zero-order valence-electron chi connectivity index (χ0n) is 20.7. The Morgan fingerprint density at radius 1 is 1.05 bits per heavy atom. The summed E-state index contributed by atoms with van der Waals surface area (Å²) in [6.07, 6.45) is 2.53. The van der Waals surface area contributed by atoms with Gasteiger partial charge in [0.2, 0.25) is 0 Å². The minimum atomic E-state index is -1.25. The predicted molar refractivity (Wildman–Crippen MR) is 148 cm³/mol. The molecular weight excluding hydrogens is 489 g/mol. The van der Waals surface area contributed by atoms with Gasteiger partial charge in [-0.2, -0.15) is 0 Å². The third-order valence-electron chi connectivity index (χ3n) is 7.15. The fraction of sp³-hybridized carbons (Fsp3) is 0.258. The molecule has 37 heavy (non-hydrogen) atoms. The van der Waals surface area contributed by atoms with Crippen LogP contribution in [0.5, 0.6) is 5.75 Å². The Balaban J connectivity index is 0.00000320. The molecule has 0 saturated heterocycles. The van der Waals surface area contributed by atoms with Crippen molar-refractivity contribution in [3.8, 4) is 5.75 Å². The zero-order valence-corrected chi connectivity index (χ0v) is 21.5. The average Bonchev–Trinajstić information content (AvgIpc) is 2.90. The molecule has 2 N–H and O–H groups in total. The van der Waals surface area contributed by atoms with E-state index in [9.17, 15) is 14.3 Å². The van der Waals surface area contributed by atoms with Crippen LogP contribution in [0, 0.1) is 5.82 Å². The fourth-order valence-electron chi connectivity index (χ4n) is 5.30. The first kappa shape index (κ1) is 26.6. The van der Waals surface area contributed by atoms with E-state index in [2.05, 4.69) is 54.7 Å². The molecule has 0 fully saturated rings. The van der Waals surface area contributed by atoms with E-state index in [1.807, 2.05) is 24.3 Å². The largest absolute Gasteiger partial charge is 0.490 e. The molecule has 1 aliphatic heterocycles. The fourth-order valence-corrected chi connectivity index (χ4v) is 5.30. The van der Waals surface area contributed by atoms with Crippen LogP contribution in [0.4, 0.5) is 4.39 Å². The highest BCUT2D eigenvalue weighted by molar-refractivity contribution is 5.88. The van der Waals surface area contributed by atoms with Crippen LogP contribution in [0.15, 0.2) is 84.9 Å². The molecule has 6 heteroatoms. The number of fused-ring (bicyclic) bond motifs is 2. The van der Waals surface area contributed by atoms with Crippen molar-refractivity contribution in [3.05, 3.63) is 113 Å². The highest BCUT2D eigenvalue weighted by Crippen LogP contribution is 2.41. The van der Waals surface area contributed by atoms with E-state index < -0.39 is 11.8 Å². The van der Waals surface area contributed by atoms with Gasteiger partial charge in [-0.1, -0.05) is 66.7 Å². The average molecular weight is 520 g/mol. The molecule has 0 bridgehead atoms. The van der Waals surface area contributed by atoms with E-state index in [0.717, 1.165) is 42.7 Å². The summed E-state index contributed by atoms with van der Waals surface area (Å²) in [5, 5.41) is 15.6. The smallest absolute Gasteiger partial charge is 0.338 e. The lowest BCUT2D eigenvalue weighted by Crippen LogP contribution is -2.28. The van der Waals surface area contributed by atoms with Gasteiger partial charge in [0.05, 0.1) is 11.7 Å². The zero-order chi connectivity index (χ0) is 25.1. The highest BCUT2D eigenvalue weighted by Gasteiger charge is 2.30. The van der Waals surface area contributed by atoms with E-state index in [0.29, 0.717) is 0 Å². The first-order valence-electron chi connectivity index (χ1n) is 12.5. The van der Waals surface area contributed by atoms with Crippen molar-refractivity contribution in [2.24, 2.45) is 0 Å². The normalized spacial score (nSPS) is 17.4. The molecule has 0 radical (unpaired) electrons. The molecule has 192 valence electrons. The minimum absolute atomic E-state index is 0. The van der Waals surface area contributed by atoms with Gasteiger partial charge in [0.1, 0.15) is 11.6 Å². The van der Waals surface area contributed by atoms with Crippen molar-refractivity contribution >= 4 is 29.1 Å². The van der Waals surface area contributed by atoms with E-state index in [1.165, 1.54) is 28.5 Å². The number of carboxylic acid groups (broad SMARTS) is 1. The van der Waals surface area contributed by atoms with Crippen LogP contribution in [0.2, 0.25) is 0 Å². The molecule has 4 aromatic carbocycles. The SMILES string of the molecule is C[C@@H](NCCC[C@@H]1C[C@H](c2ccc(F)c(C(=O)O)c2)c2ccccc2O1)c1cccc2ccccc12.Cl. The van der Waals surface area contributed by atoms with Crippen molar-refractivity contribution in [1.82, 2.24) is 5.32 Å². The van der Waals surface area contributed by atoms with Gasteiger partial charge in [-0.25, -0.2) is 9.18 Å². The maximum Gasteiger partial charge on any atom is 0.338 e. The number of carboxylic acids is 1. The summed E-state index contributed by atoms with van der Waals surface area (Å²) in [7, 11) is 0. The topological polar surface area (TPSA) is 58.6 Å². The molecule has 0 unspecified atom stereocenters. The molecule has 0 saturated carbocycles. The summed E-state index contributed by atoms with van der Waals surface area (Å²) in [6.45, 7) is 3.05. The lowest BCUT2D eigenvalue weighted by atomic mass is 9.82. The third-order valence-corrected chi connectivity index (χ3v) is 7.15. The monoisotopic (exact) mass is 519 g/mol. The van der Waals surface area contributed by atoms with E-state index in [4.69, 9.17) is 4.74 Å². The lowest BCUT2D eigenvalue weighted by Gasteiger charge is -2.33. The second-order valence-corrected chi connectivity index (χ2v) is 9.50. The van der Waals surface area contributed by atoms with Gasteiger partial charge in [0, 0.05) is 17.5 Å². The summed E-state index contributed by atoms with van der Waals surface area (Å²) in [6, 6.07) is 27.4. The highest BCUT2D eigenvalue weighted by atomic mass is 35.5. The molecule has 0 spiro atoms. The van der Waals surface area contributed by atoms with Crippen LogP contribution < -0.4 is 10.1 Å². The van der Waals surface area contributed by atoms with Crippen LogP contribution in [0.25, 0.3) is 10.8 Å². The van der Waals surface area contributed by atoms with Crippen LogP contribution >= 0.6 is 12.4 Å². The number of rotatable bonds is 8. The maximum atomic E-state index is 14.0. The van der Waals surface area contributed by atoms with Crippen LogP contribution in [-0.4, -0.2) is 23.7 Å². The first-order chi connectivity index (χ1) is 17.5. The Bertz CT molecular complexity index is 1390.